The van der Waals surface area contributed by atoms with Crippen molar-refractivity contribution in [1.29, 1.82) is 0 Å². The summed E-state index contributed by atoms with van der Waals surface area (Å²) in [6.45, 7) is 3.52. The third-order valence-corrected chi connectivity index (χ3v) is 2.96. The lowest BCUT2D eigenvalue weighted by atomic mass is 9.81. The molecule has 1 aromatic rings. The molecule has 0 heterocycles. The van der Waals surface area contributed by atoms with E-state index >= 15 is 0 Å². The van der Waals surface area contributed by atoms with Crippen molar-refractivity contribution in [3.05, 3.63) is 29.8 Å². The Kier molecular flexibility index (Phi) is 4.12. The maximum Gasteiger partial charge on any atom is 0.313 e. The molecule has 0 aliphatic carbocycles. The second kappa shape index (κ2) is 5.19. The van der Waals surface area contributed by atoms with Crippen molar-refractivity contribution in [2.45, 2.75) is 19.9 Å². The Morgan fingerprint density at radius 3 is 2.41 bits per heavy atom. The molecule has 0 unspecified atom stereocenters. The molecule has 2 N–H and O–H groups in total. The molecule has 0 radical (unpaired) electrons. The number of para-hydroxylation sites is 1. The summed E-state index contributed by atoms with van der Waals surface area (Å²) >= 11 is 0. The predicted molar refractivity (Wildman–Crippen MR) is 65.7 cm³/mol. The third-order valence-electron chi connectivity index (χ3n) is 2.96. The van der Waals surface area contributed by atoms with Crippen molar-refractivity contribution >= 4 is 5.97 Å². The van der Waals surface area contributed by atoms with Gasteiger partial charge in [0, 0.05) is 11.6 Å². The molecule has 0 bridgehead atoms. The van der Waals surface area contributed by atoms with Crippen LogP contribution in [0.4, 0.5) is 0 Å². The van der Waals surface area contributed by atoms with E-state index in [0.29, 0.717) is 5.75 Å². The highest BCUT2D eigenvalue weighted by Gasteiger charge is 2.37. The Hall–Kier alpha value is -1.55. The van der Waals surface area contributed by atoms with Crippen LogP contribution in [0, 0.1) is 5.41 Å². The van der Waals surface area contributed by atoms with Crippen LogP contribution in [0.2, 0.25) is 0 Å². The first-order chi connectivity index (χ1) is 7.95. The molecule has 1 aromatic carbocycles. The van der Waals surface area contributed by atoms with E-state index in [1.807, 2.05) is 24.3 Å². The molecule has 1 rings (SSSR count). The van der Waals surface area contributed by atoms with E-state index in [2.05, 4.69) is 0 Å². The number of hydrogen-bond donors (Lipinski definition) is 1. The minimum absolute atomic E-state index is 0.337. The van der Waals surface area contributed by atoms with E-state index in [9.17, 15) is 4.79 Å². The van der Waals surface area contributed by atoms with Crippen molar-refractivity contribution < 1.29 is 14.3 Å². The normalized spacial score (nSPS) is 13.0. The summed E-state index contributed by atoms with van der Waals surface area (Å²) < 4.78 is 10.0. The molecule has 4 nitrogen and oxygen atoms in total. The van der Waals surface area contributed by atoms with E-state index in [0.717, 1.165) is 5.56 Å². The molecule has 94 valence electrons. The smallest absolute Gasteiger partial charge is 0.313 e. The fourth-order valence-corrected chi connectivity index (χ4v) is 1.70. The number of carbonyl (C=O) groups is 1. The Bertz CT molecular complexity index is 401. The molecule has 0 saturated heterocycles. The summed E-state index contributed by atoms with van der Waals surface area (Å²) in [6, 6.07) is 6.92. The summed E-state index contributed by atoms with van der Waals surface area (Å²) in [6.07, 6.45) is 0. The van der Waals surface area contributed by atoms with E-state index in [-0.39, 0.29) is 5.97 Å². The largest absolute Gasteiger partial charge is 0.496 e. The molecule has 4 heteroatoms. The second-order valence-electron chi connectivity index (χ2n) is 4.43. The first-order valence-electron chi connectivity index (χ1n) is 5.42. The zero-order valence-electron chi connectivity index (χ0n) is 10.7. The van der Waals surface area contributed by atoms with Crippen LogP contribution in [0.1, 0.15) is 25.5 Å². The predicted octanol–water partition coefficient (Wildman–Crippen LogP) is 1.89. The fourth-order valence-electron chi connectivity index (χ4n) is 1.70. The summed E-state index contributed by atoms with van der Waals surface area (Å²) in [7, 11) is 2.94. The van der Waals surface area contributed by atoms with Gasteiger partial charge in [0.15, 0.2) is 0 Å². The van der Waals surface area contributed by atoms with Gasteiger partial charge in [-0.2, -0.15) is 0 Å². The average molecular weight is 237 g/mol. The van der Waals surface area contributed by atoms with Gasteiger partial charge in [0.05, 0.1) is 19.6 Å². The first-order valence-corrected chi connectivity index (χ1v) is 5.42. The standard InChI is InChI=1S/C13H19NO3/c1-13(2,12(15)17-4)11(14)9-7-5-6-8-10(9)16-3/h5-8,11H,14H2,1-4H3/t11-/m0/s1. The van der Waals surface area contributed by atoms with Gasteiger partial charge in [-0.05, 0) is 19.9 Å². The highest BCUT2D eigenvalue weighted by molar-refractivity contribution is 5.77. The highest BCUT2D eigenvalue weighted by Crippen LogP contribution is 2.36. The van der Waals surface area contributed by atoms with Gasteiger partial charge in [0.25, 0.3) is 0 Å². The Morgan fingerprint density at radius 2 is 1.88 bits per heavy atom. The van der Waals surface area contributed by atoms with Crippen molar-refractivity contribution in [2.24, 2.45) is 11.1 Å². The highest BCUT2D eigenvalue weighted by atomic mass is 16.5. The van der Waals surface area contributed by atoms with Crippen LogP contribution in [-0.4, -0.2) is 20.2 Å². The molecule has 0 spiro atoms. The van der Waals surface area contributed by atoms with Crippen molar-refractivity contribution in [1.82, 2.24) is 0 Å². The van der Waals surface area contributed by atoms with Crippen LogP contribution >= 0.6 is 0 Å². The van der Waals surface area contributed by atoms with E-state index < -0.39 is 11.5 Å². The third kappa shape index (κ3) is 2.58. The molecule has 0 aliphatic rings. The van der Waals surface area contributed by atoms with Crippen molar-refractivity contribution in [3.8, 4) is 5.75 Å². The summed E-state index contributed by atoms with van der Waals surface area (Å²) in [5.41, 5.74) is 6.14. The van der Waals surface area contributed by atoms with Gasteiger partial charge >= 0.3 is 5.97 Å². The molecule has 17 heavy (non-hydrogen) atoms. The number of ether oxygens (including phenoxy) is 2. The maximum atomic E-state index is 11.7. The Morgan fingerprint density at radius 1 is 1.29 bits per heavy atom. The first kappa shape index (κ1) is 13.5. The average Bonchev–Trinajstić information content (AvgIpc) is 2.36. The monoisotopic (exact) mass is 237 g/mol. The van der Waals surface area contributed by atoms with Gasteiger partial charge in [-0.3, -0.25) is 4.79 Å². The van der Waals surface area contributed by atoms with Crippen LogP contribution in [0.15, 0.2) is 24.3 Å². The molecule has 1 atom stereocenters. The van der Waals surface area contributed by atoms with Gasteiger partial charge < -0.3 is 15.2 Å². The minimum atomic E-state index is -0.802. The molecule has 0 fully saturated rings. The number of benzene rings is 1. The lowest BCUT2D eigenvalue weighted by molar-refractivity contribution is -0.152. The number of esters is 1. The quantitative estimate of drug-likeness (QED) is 0.812. The van der Waals surface area contributed by atoms with Crippen LogP contribution in [0.3, 0.4) is 0 Å². The fraction of sp³-hybridized carbons (Fsp3) is 0.462. The molecular weight excluding hydrogens is 218 g/mol. The Labute approximate surface area is 102 Å². The van der Waals surface area contributed by atoms with Gasteiger partial charge in [-0.25, -0.2) is 0 Å². The van der Waals surface area contributed by atoms with Crippen molar-refractivity contribution in [2.75, 3.05) is 14.2 Å². The number of carbonyl (C=O) groups excluding carboxylic acids is 1. The van der Waals surface area contributed by atoms with Crippen molar-refractivity contribution in [3.63, 3.8) is 0 Å². The van der Waals surface area contributed by atoms with Gasteiger partial charge in [0.1, 0.15) is 5.75 Å². The minimum Gasteiger partial charge on any atom is -0.496 e. The van der Waals surface area contributed by atoms with E-state index in [1.54, 1.807) is 21.0 Å². The van der Waals surface area contributed by atoms with Crippen LogP contribution in [-0.2, 0) is 9.53 Å². The van der Waals surface area contributed by atoms with E-state index in [4.69, 9.17) is 15.2 Å². The van der Waals surface area contributed by atoms with E-state index in [1.165, 1.54) is 7.11 Å². The summed E-state index contributed by atoms with van der Waals surface area (Å²) in [4.78, 5) is 11.7. The second-order valence-corrected chi connectivity index (χ2v) is 4.43. The van der Waals surface area contributed by atoms with Gasteiger partial charge in [-0.1, -0.05) is 18.2 Å². The Balaban J connectivity index is 3.11. The zero-order chi connectivity index (χ0) is 13.1. The number of rotatable bonds is 4. The van der Waals surface area contributed by atoms with Gasteiger partial charge in [-0.15, -0.1) is 0 Å². The number of methoxy groups -OCH3 is 2. The number of hydrogen-bond acceptors (Lipinski definition) is 4. The summed E-state index contributed by atoms with van der Waals surface area (Å²) in [5.74, 6) is 0.341. The SMILES string of the molecule is COC(=O)C(C)(C)[C@@H](N)c1ccccc1OC. The lowest BCUT2D eigenvalue weighted by Gasteiger charge is -2.29. The summed E-state index contributed by atoms with van der Waals surface area (Å²) in [5, 5.41) is 0. The van der Waals surface area contributed by atoms with Crippen LogP contribution in [0.5, 0.6) is 5.75 Å². The molecular formula is C13H19NO3. The number of nitrogens with two attached hydrogens (primary N) is 1. The molecule has 0 aromatic heterocycles. The van der Waals surface area contributed by atoms with Crippen LogP contribution in [0.25, 0.3) is 0 Å². The lowest BCUT2D eigenvalue weighted by Crippen LogP contribution is -2.37. The maximum absolute atomic E-state index is 11.7. The molecule has 0 amide bonds. The van der Waals surface area contributed by atoms with Gasteiger partial charge in [0.2, 0.25) is 0 Å². The molecule has 0 saturated carbocycles. The van der Waals surface area contributed by atoms with Crippen LogP contribution < -0.4 is 10.5 Å². The molecule has 0 aliphatic heterocycles. The topological polar surface area (TPSA) is 61.5 Å². The zero-order valence-corrected chi connectivity index (χ0v) is 10.7.